The third kappa shape index (κ3) is 3.45. The molecular weight excluding hydrogens is 296 g/mol. The summed E-state index contributed by atoms with van der Waals surface area (Å²) in [5.74, 6) is 0.409. The Morgan fingerprint density at radius 3 is 2.91 bits per heavy atom. The number of nitrogens with one attached hydrogen (secondary N) is 1. The van der Waals surface area contributed by atoms with Gasteiger partial charge in [-0.1, -0.05) is 42.4 Å². The van der Waals surface area contributed by atoms with Crippen LogP contribution >= 0.6 is 0 Å². The Hall–Kier alpha value is -2.96. The summed E-state index contributed by atoms with van der Waals surface area (Å²) in [4.78, 5) is 16.4. The Labute approximate surface area is 132 Å². The van der Waals surface area contributed by atoms with Crippen molar-refractivity contribution in [1.29, 1.82) is 0 Å². The molecule has 0 bridgehead atoms. The third-order valence-corrected chi connectivity index (χ3v) is 3.23. The first-order valence-electron chi connectivity index (χ1n) is 7.35. The first kappa shape index (κ1) is 15.0. The smallest absolute Gasteiger partial charge is 0.342 e. The summed E-state index contributed by atoms with van der Waals surface area (Å²) in [5, 5.41) is 10.6. The Kier molecular flexibility index (Phi) is 4.46. The van der Waals surface area contributed by atoms with Crippen molar-refractivity contribution in [2.75, 3.05) is 0 Å². The van der Waals surface area contributed by atoms with Crippen LogP contribution in [0.2, 0.25) is 0 Å². The lowest BCUT2D eigenvalue weighted by Crippen LogP contribution is -2.06. The number of nitrogens with zero attached hydrogens (tertiary/aromatic N) is 3. The lowest BCUT2D eigenvalue weighted by atomic mass is 10.1. The van der Waals surface area contributed by atoms with E-state index in [1.807, 2.05) is 37.3 Å². The molecule has 0 radical (unpaired) electrons. The Bertz CT molecular complexity index is 779. The summed E-state index contributed by atoms with van der Waals surface area (Å²) in [5.41, 5.74) is 1.84. The molecule has 23 heavy (non-hydrogen) atoms. The van der Waals surface area contributed by atoms with Gasteiger partial charge in [-0.15, -0.1) is 0 Å². The Morgan fingerprint density at radius 1 is 1.30 bits per heavy atom. The van der Waals surface area contributed by atoms with Gasteiger partial charge in [0.1, 0.15) is 5.56 Å². The normalized spacial score (nSPS) is 10.7. The third-order valence-electron chi connectivity index (χ3n) is 3.23. The van der Waals surface area contributed by atoms with E-state index < -0.39 is 5.97 Å². The van der Waals surface area contributed by atoms with E-state index in [1.54, 1.807) is 0 Å². The highest BCUT2D eigenvalue weighted by Crippen LogP contribution is 2.21. The van der Waals surface area contributed by atoms with Gasteiger partial charge in [-0.25, -0.2) is 4.79 Å². The zero-order valence-corrected chi connectivity index (χ0v) is 12.7. The quantitative estimate of drug-likeness (QED) is 0.703. The summed E-state index contributed by atoms with van der Waals surface area (Å²) >= 11 is 0. The van der Waals surface area contributed by atoms with Gasteiger partial charge >= 0.3 is 5.97 Å². The first-order chi connectivity index (χ1) is 11.3. The van der Waals surface area contributed by atoms with Crippen LogP contribution in [0.5, 0.6) is 0 Å². The molecule has 1 aromatic carbocycles. The van der Waals surface area contributed by atoms with Crippen LogP contribution in [-0.4, -0.2) is 26.3 Å². The number of carbonyl (C=O) groups is 1. The molecule has 7 nitrogen and oxygen atoms in total. The van der Waals surface area contributed by atoms with Crippen molar-refractivity contribution in [3.8, 4) is 11.3 Å². The van der Waals surface area contributed by atoms with Crippen LogP contribution in [0.4, 0.5) is 0 Å². The van der Waals surface area contributed by atoms with Crippen molar-refractivity contribution in [3.05, 3.63) is 53.8 Å². The summed E-state index contributed by atoms with van der Waals surface area (Å²) in [6.45, 7) is 1.97. The molecule has 0 aliphatic heterocycles. The van der Waals surface area contributed by atoms with E-state index in [4.69, 9.17) is 9.26 Å². The molecule has 0 spiro atoms. The van der Waals surface area contributed by atoms with E-state index in [-0.39, 0.29) is 12.5 Å². The zero-order valence-electron chi connectivity index (χ0n) is 12.7. The molecule has 2 aromatic heterocycles. The maximum absolute atomic E-state index is 12.2. The van der Waals surface area contributed by atoms with Crippen molar-refractivity contribution in [1.82, 2.24) is 20.3 Å². The average molecular weight is 312 g/mol. The van der Waals surface area contributed by atoms with Gasteiger partial charge in [-0.3, -0.25) is 5.10 Å². The molecule has 3 aromatic rings. The molecule has 1 N–H and O–H groups in total. The summed E-state index contributed by atoms with van der Waals surface area (Å²) in [6.07, 6.45) is 3.10. The molecule has 0 saturated heterocycles. The number of carbonyl (C=O) groups excluding carboxylic acids is 1. The molecule has 0 fully saturated rings. The van der Waals surface area contributed by atoms with Gasteiger partial charge in [-0.05, 0) is 6.42 Å². The Balaban J connectivity index is 1.68. The monoisotopic (exact) mass is 312 g/mol. The molecule has 0 aliphatic carbocycles. The van der Waals surface area contributed by atoms with Crippen LogP contribution in [0.3, 0.4) is 0 Å². The fourth-order valence-electron chi connectivity index (χ4n) is 2.14. The topological polar surface area (TPSA) is 93.9 Å². The van der Waals surface area contributed by atoms with Crippen LogP contribution in [-0.2, 0) is 17.8 Å². The number of hydrogen-bond acceptors (Lipinski definition) is 6. The molecule has 0 atom stereocenters. The van der Waals surface area contributed by atoms with Crippen LogP contribution in [0.25, 0.3) is 11.3 Å². The number of benzene rings is 1. The number of aromatic nitrogens is 4. The van der Waals surface area contributed by atoms with Crippen molar-refractivity contribution >= 4 is 5.97 Å². The van der Waals surface area contributed by atoms with Crippen molar-refractivity contribution < 1.29 is 14.1 Å². The fraction of sp³-hybridized carbons (Fsp3) is 0.250. The number of aryl methyl sites for hydroxylation is 1. The van der Waals surface area contributed by atoms with Gasteiger partial charge in [0, 0.05) is 12.0 Å². The predicted octanol–water partition coefficient (Wildman–Crippen LogP) is 2.77. The summed E-state index contributed by atoms with van der Waals surface area (Å²) < 4.78 is 10.3. The molecule has 2 heterocycles. The molecule has 3 rings (SSSR count). The number of ether oxygens (including phenoxy) is 1. The van der Waals surface area contributed by atoms with Gasteiger partial charge in [0.2, 0.25) is 0 Å². The minimum atomic E-state index is -0.493. The summed E-state index contributed by atoms with van der Waals surface area (Å²) in [7, 11) is 0. The van der Waals surface area contributed by atoms with Crippen molar-refractivity contribution in [2.45, 2.75) is 26.4 Å². The number of aromatic amines is 1. The van der Waals surface area contributed by atoms with Gasteiger partial charge in [0.25, 0.3) is 5.89 Å². The minimum absolute atomic E-state index is 0.0606. The molecule has 0 saturated carbocycles. The van der Waals surface area contributed by atoms with E-state index in [0.29, 0.717) is 17.1 Å². The van der Waals surface area contributed by atoms with E-state index in [1.165, 1.54) is 6.20 Å². The molecule has 118 valence electrons. The largest absolute Gasteiger partial charge is 0.452 e. The lowest BCUT2D eigenvalue weighted by molar-refractivity contribution is 0.0431. The van der Waals surface area contributed by atoms with Crippen LogP contribution in [0.1, 0.15) is 35.4 Å². The molecule has 0 aliphatic rings. The van der Waals surface area contributed by atoms with E-state index in [0.717, 1.165) is 18.4 Å². The van der Waals surface area contributed by atoms with E-state index in [2.05, 4.69) is 20.3 Å². The summed E-state index contributed by atoms with van der Waals surface area (Å²) in [6, 6.07) is 9.46. The standard InChI is InChI=1S/C16H16N4O3/c1-2-6-13-18-14(23-20-13)10-22-16(21)12-9-17-19-15(12)11-7-4-3-5-8-11/h3-5,7-9H,2,6,10H2,1H3,(H,17,19). The second-order valence-electron chi connectivity index (χ2n) is 4.96. The highest BCUT2D eigenvalue weighted by Gasteiger charge is 2.17. The highest BCUT2D eigenvalue weighted by molar-refractivity contribution is 5.95. The first-order valence-corrected chi connectivity index (χ1v) is 7.35. The van der Waals surface area contributed by atoms with Gasteiger partial charge in [0.15, 0.2) is 12.4 Å². The van der Waals surface area contributed by atoms with Crippen molar-refractivity contribution in [2.24, 2.45) is 0 Å². The molecule has 0 unspecified atom stereocenters. The number of rotatable bonds is 6. The Morgan fingerprint density at radius 2 is 2.13 bits per heavy atom. The minimum Gasteiger partial charge on any atom is -0.452 e. The van der Waals surface area contributed by atoms with Gasteiger partial charge in [0.05, 0.1) is 11.9 Å². The molecular formula is C16H16N4O3. The van der Waals surface area contributed by atoms with E-state index >= 15 is 0 Å². The van der Waals surface area contributed by atoms with Crippen LogP contribution in [0, 0.1) is 0 Å². The van der Waals surface area contributed by atoms with Crippen LogP contribution < -0.4 is 0 Å². The second-order valence-corrected chi connectivity index (χ2v) is 4.96. The van der Waals surface area contributed by atoms with E-state index in [9.17, 15) is 4.79 Å². The maximum Gasteiger partial charge on any atom is 0.342 e. The van der Waals surface area contributed by atoms with Gasteiger partial charge in [-0.2, -0.15) is 10.1 Å². The van der Waals surface area contributed by atoms with Crippen molar-refractivity contribution in [3.63, 3.8) is 0 Å². The van der Waals surface area contributed by atoms with Crippen LogP contribution in [0.15, 0.2) is 41.1 Å². The number of hydrogen-bond donors (Lipinski definition) is 1. The number of esters is 1. The fourth-order valence-corrected chi connectivity index (χ4v) is 2.14. The molecule has 7 heteroatoms. The average Bonchev–Trinajstić information content (AvgIpc) is 3.23. The number of H-pyrrole nitrogens is 1. The maximum atomic E-state index is 12.2. The SMILES string of the molecule is CCCc1noc(COC(=O)c2cn[nH]c2-c2ccccc2)n1. The van der Waals surface area contributed by atoms with Gasteiger partial charge < -0.3 is 9.26 Å². The zero-order chi connectivity index (χ0) is 16.1. The highest BCUT2D eigenvalue weighted by atomic mass is 16.6. The lowest BCUT2D eigenvalue weighted by Gasteiger charge is -2.03. The second kappa shape index (κ2) is 6.87. The molecule has 0 amide bonds. The predicted molar refractivity (Wildman–Crippen MR) is 81.4 cm³/mol.